The van der Waals surface area contributed by atoms with Crippen molar-refractivity contribution in [2.24, 2.45) is 5.92 Å². The summed E-state index contributed by atoms with van der Waals surface area (Å²) in [5.41, 5.74) is 1.51. The fraction of sp³-hybridized carbons (Fsp3) is 0.263. The summed E-state index contributed by atoms with van der Waals surface area (Å²) in [5, 5.41) is 6.42. The van der Waals surface area contributed by atoms with Crippen LogP contribution >= 0.6 is 11.6 Å². The Kier molecular flexibility index (Phi) is 5.56. The van der Waals surface area contributed by atoms with Crippen molar-refractivity contribution in [2.45, 2.75) is 12.8 Å². The third-order valence-corrected chi connectivity index (χ3v) is 4.54. The van der Waals surface area contributed by atoms with Crippen LogP contribution in [0, 0.1) is 5.92 Å². The van der Waals surface area contributed by atoms with Crippen LogP contribution < -0.4 is 10.6 Å². The SMILES string of the molecule is O=C(Nc1ccc(Cl)cc1)C1CCN(C(=O)Nc2ccccc2)CC1. The zero-order valence-electron chi connectivity index (χ0n) is 13.7. The molecule has 1 aliphatic heterocycles. The highest BCUT2D eigenvalue weighted by Crippen LogP contribution is 2.21. The minimum atomic E-state index is -0.122. The third-order valence-electron chi connectivity index (χ3n) is 4.29. The number of carbonyl (C=O) groups excluding carboxylic acids is 2. The number of amides is 3. The molecule has 0 aliphatic carbocycles. The van der Waals surface area contributed by atoms with Gasteiger partial charge < -0.3 is 15.5 Å². The number of halogens is 1. The number of anilines is 2. The van der Waals surface area contributed by atoms with Crippen molar-refractivity contribution in [3.05, 3.63) is 59.6 Å². The predicted octanol–water partition coefficient (Wildman–Crippen LogP) is 4.22. The molecule has 0 aromatic heterocycles. The van der Waals surface area contributed by atoms with Crippen LogP contribution in [0.5, 0.6) is 0 Å². The molecule has 5 nitrogen and oxygen atoms in total. The predicted molar refractivity (Wildman–Crippen MR) is 99.8 cm³/mol. The molecule has 2 N–H and O–H groups in total. The quantitative estimate of drug-likeness (QED) is 0.863. The molecule has 0 saturated carbocycles. The first-order valence-electron chi connectivity index (χ1n) is 8.29. The molecule has 1 heterocycles. The number of para-hydroxylation sites is 1. The van der Waals surface area contributed by atoms with E-state index in [4.69, 9.17) is 11.6 Å². The summed E-state index contributed by atoms with van der Waals surface area (Å²) in [6.45, 7) is 1.13. The molecule has 1 aliphatic rings. The molecule has 0 atom stereocenters. The van der Waals surface area contributed by atoms with E-state index in [1.54, 1.807) is 29.2 Å². The van der Waals surface area contributed by atoms with E-state index in [1.807, 2.05) is 30.3 Å². The summed E-state index contributed by atoms with van der Waals surface area (Å²) < 4.78 is 0. The second kappa shape index (κ2) is 8.03. The Morgan fingerprint density at radius 1 is 0.880 bits per heavy atom. The monoisotopic (exact) mass is 357 g/mol. The van der Waals surface area contributed by atoms with Gasteiger partial charge >= 0.3 is 6.03 Å². The molecular formula is C19H20ClN3O2. The molecule has 1 fully saturated rings. The highest BCUT2D eigenvalue weighted by atomic mass is 35.5. The van der Waals surface area contributed by atoms with Gasteiger partial charge in [0.2, 0.25) is 5.91 Å². The van der Waals surface area contributed by atoms with Crippen molar-refractivity contribution in [1.82, 2.24) is 4.90 Å². The van der Waals surface area contributed by atoms with Crippen LogP contribution in [-0.2, 0) is 4.79 Å². The maximum absolute atomic E-state index is 12.4. The van der Waals surface area contributed by atoms with Crippen LogP contribution in [0.4, 0.5) is 16.2 Å². The molecular weight excluding hydrogens is 338 g/mol. The van der Waals surface area contributed by atoms with E-state index in [-0.39, 0.29) is 17.9 Å². The summed E-state index contributed by atoms with van der Waals surface area (Å²) in [7, 11) is 0. The Labute approximate surface area is 152 Å². The van der Waals surface area contributed by atoms with Crippen molar-refractivity contribution in [3.8, 4) is 0 Å². The number of nitrogens with one attached hydrogen (secondary N) is 2. The van der Waals surface area contributed by atoms with Gasteiger partial charge in [-0.05, 0) is 49.2 Å². The van der Waals surface area contributed by atoms with Crippen LogP contribution in [-0.4, -0.2) is 29.9 Å². The lowest BCUT2D eigenvalue weighted by molar-refractivity contribution is -0.121. The number of carbonyl (C=O) groups is 2. The topological polar surface area (TPSA) is 61.4 Å². The molecule has 0 bridgehead atoms. The van der Waals surface area contributed by atoms with Crippen LogP contribution in [0.3, 0.4) is 0 Å². The summed E-state index contributed by atoms with van der Waals surface area (Å²) >= 11 is 5.84. The van der Waals surface area contributed by atoms with Crippen LogP contribution in [0.15, 0.2) is 54.6 Å². The molecule has 2 aromatic carbocycles. The molecule has 0 radical (unpaired) electrons. The number of likely N-dealkylation sites (tertiary alicyclic amines) is 1. The number of benzene rings is 2. The van der Waals surface area contributed by atoms with Gasteiger partial charge in [0.05, 0.1) is 0 Å². The van der Waals surface area contributed by atoms with E-state index in [1.165, 1.54) is 0 Å². The third kappa shape index (κ3) is 4.73. The molecule has 25 heavy (non-hydrogen) atoms. The number of rotatable bonds is 3. The maximum atomic E-state index is 12.4. The molecule has 2 aromatic rings. The molecule has 130 valence electrons. The second-order valence-corrected chi connectivity index (χ2v) is 6.49. The molecule has 0 spiro atoms. The van der Waals surface area contributed by atoms with Crippen molar-refractivity contribution in [1.29, 1.82) is 0 Å². The summed E-state index contributed by atoms with van der Waals surface area (Å²) in [6, 6.07) is 16.3. The Balaban J connectivity index is 1.48. The Hall–Kier alpha value is -2.53. The van der Waals surface area contributed by atoms with Crippen LogP contribution in [0.2, 0.25) is 5.02 Å². The number of urea groups is 1. The van der Waals surface area contributed by atoms with E-state index in [9.17, 15) is 9.59 Å². The number of piperidine rings is 1. The molecule has 6 heteroatoms. The van der Waals surface area contributed by atoms with Gasteiger partial charge in [-0.25, -0.2) is 4.79 Å². The molecule has 3 rings (SSSR count). The first-order chi connectivity index (χ1) is 12.1. The van der Waals surface area contributed by atoms with E-state index >= 15 is 0 Å². The van der Waals surface area contributed by atoms with E-state index in [2.05, 4.69) is 10.6 Å². The Morgan fingerprint density at radius 2 is 1.48 bits per heavy atom. The number of hydrogen-bond donors (Lipinski definition) is 2. The highest BCUT2D eigenvalue weighted by Gasteiger charge is 2.27. The van der Waals surface area contributed by atoms with Gasteiger partial charge in [-0.15, -0.1) is 0 Å². The summed E-state index contributed by atoms with van der Waals surface area (Å²) in [4.78, 5) is 26.4. The normalized spacial score (nSPS) is 14.8. The van der Waals surface area contributed by atoms with Crippen molar-refractivity contribution < 1.29 is 9.59 Å². The van der Waals surface area contributed by atoms with Gasteiger partial charge in [0.25, 0.3) is 0 Å². The number of hydrogen-bond acceptors (Lipinski definition) is 2. The van der Waals surface area contributed by atoms with Gasteiger partial charge in [0, 0.05) is 35.4 Å². The smallest absolute Gasteiger partial charge is 0.321 e. The maximum Gasteiger partial charge on any atom is 0.321 e. The standard InChI is InChI=1S/C19H20ClN3O2/c20-15-6-8-17(9-7-15)21-18(24)14-10-12-23(13-11-14)19(25)22-16-4-2-1-3-5-16/h1-9,14H,10-13H2,(H,21,24)(H,22,25). The summed E-state index contributed by atoms with van der Waals surface area (Å²) in [6.07, 6.45) is 1.31. The minimum Gasteiger partial charge on any atom is -0.326 e. The number of nitrogens with zero attached hydrogens (tertiary/aromatic N) is 1. The minimum absolute atomic E-state index is 0.00885. The molecule has 1 saturated heterocycles. The van der Waals surface area contributed by atoms with Gasteiger partial charge in [-0.1, -0.05) is 29.8 Å². The zero-order valence-corrected chi connectivity index (χ0v) is 14.5. The van der Waals surface area contributed by atoms with Crippen LogP contribution in [0.1, 0.15) is 12.8 Å². The second-order valence-electron chi connectivity index (χ2n) is 6.05. The van der Waals surface area contributed by atoms with E-state index in [0.29, 0.717) is 31.0 Å². The Bertz CT molecular complexity index is 726. The lowest BCUT2D eigenvalue weighted by atomic mass is 9.96. The van der Waals surface area contributed by atoms with Gasteiger partial charge in [0.15, 0.2) is 0 Å². The molecule has 0 unspecified atom stereocenters. The van der Waals surface area contributed by atoms with Gasteiger partial charge in [-0.2, -0.15) is 0 Å². The van der Waals surface area contributed by atoms with Gasteiger partial charge in [-0.3, -0.25) is 4.79 Å². The van der Waals surface area contributed by atoms with E-state index in [0.717, 1.165) is 11.4 Å². The highest BCUT2D eigenvalue weighted by molar-refractivity contribution is 6.30. The fourth-order valence-electron chi connectivity index (χ4n) is 2.85. The zero-order chi connectivity index (χ0) is 17.6. The largest absolute Gasteiger partial charge is 0.326 e. The van der Waals surface area contributed by atoms with Crippen molar-refractivity contribution >= 4 is 34.9 Å². The molecule has 3 amide bonds. The van der Waals surface area contributed by atoms with E-state index < -0.39 is 0 Å². The van der Waals surface area contributed by atoms with Crippen molar-refractivity contribution in [2.75, 3.05) is 23.7 Å². The lowest BCUT2D eigenvalue weighted by Crippen LogP contribution is -2.43. The lowest BCUT2D eigenvalue weighted by Gasteiger charge is -2.31. The fourth-order valence-corrected chi connectivity index (χ4v) is 2.97. The first-order valence-corrected chi connectivity index (χ1v) is 8.67. The summed E-state index contributed by atoms with van der Waals surface area (Å²) in [5.74, 6) is -0.0955. The van der Waals surface area contributed by atoms with Gasteiger partial charge in [0.1, 0.15) is 0 Å². The van der Waals surface area contributed by atoms with Crippen LogP contribution in [0.25, 0.3) is 0 Å². The first kappa shape index (κ1) is 17.3. The average Bonchev–Trinajstić information content (AvgIpc) is 2.64. The average molecular weight is 358 g/mol. The van der Waals surface area contributed by atoms with Crippen molar-refractivity contribution in [3.63, 3.8) is 0 Å². The Morgan fingerprint density at radius 3 is 2.12 bits per heavy atom.